The van der Waals surface area contributed by atoms with Crippen LogP contribution in [-0.2, 0) is 0 Å². The van der Waals surface area contributed by atoms with Gasteiger partial charge < -0.3 is 18.0 Å². The number of rotatable bonds is 12. The Morgan fingerprint density at radius 2 is 0.509 bits per heavy atom. The molecular formula is C102H64N8O2. The zero-order chi connectivity index (χ0) is 74.0. The summed E-state index contributed by atoms with van der Waals surface area (Å²) < 4.78 is 18.8. The lowest BCUT2D eigenvalue weighted by Crippen LogP contribution is -2.01. The lowest BCUT2D eigenvalue weighted by molar-refractivity contribution is 0.671. The van der Waals surface area contributed by atoms with Gasteiger partial charge in [-0.2, -0.15) is 0 Å². The van der Waals surface area contributed by atoms with E-state index in [0.717, 1.165) is 166 Å². The summed E-state index contributed by atoms with van der Waals surface area (Å²) in [6, 6.07) is 135. The van der Waals surface area contributed by atoms with Gasteiger partial charge in [-0.15, -0.1) is 0 Å². The molecule has 0 atom stereocenters. The van der Waals surface area contributed by atoms with Crippen molar-refractivity contribution in [2.75, 3.05) is 0 Å². The zero-order valence-electron chi connectivity index (χ0n) is 60.3. The predicted molar refractivity (Wildman–Crippen MR) is 457 cm³/mol. The van der Waals surface area contributed by atoms with E-state index in [9.17, 15) is 0 Å². The number of nitrogens with zero attached hydrogens (tertiary/aromatic N) is 8. The number of para-hydroxylation sites is 5. The van der Waals surface area contributed by atoms with Crippen LogP contribution in [-0.4, -0.2) is 39.0 Å². The fraction of sp³-hybridized carbons (Fsp3) is 0. The van der Waals surface area contributed by atoms with Crippen LogP contribution in [0.25, 0.3) is 212 Å². The maximum atomic E-state index is 7.16. The van der Waals surface area contributed by atoms with Crippen molar-refractivity contribution >= 4 is 87.5 Å². The highest BCUT2D eigenvalue weighted by atomic mass is 16.3. The van der Waals surface area contributed by atoms with Crippen LogP contribution in [0.3, 0.4) is 0 Å². The van der Waals surface area contributed by atoms with Crippen molar-refractivity contribution in [1.29, 1.82) is 0 Å². The van der Waals surface area contributed by atoms with Gasteiger partial charge in [0, 0.05) is 93.4 Å². The Kier molecular flexibility index (Phi) is 16.0. The molecule has 22 aromatic rings. The second-order valence-electron chi connectivity index (χ2n) is 28.0. The monoisotopic (exact) mass is 1430 g/mol. The van der Waals surface area contributed by atoms with Crippen molar-refractivity contribution < 1.29 is 8.83 Å². The summed E-state index contributed by atoms with van der Waals surface area (Å²) in [5, 5.41) is 8.95. The van der Waals surface area contributed by atoms with E-state index in [-0.39, 0.29) is 0 Å². The Labute approximate surface area is 643 Å². The number of furan rings is 2. The van der Waals surface area contributed by atoms with Gasteiger partial charge in [0.05, 0.1) is 22.1 Å². The van der Waals surface area contributed by atoms with E-state index in [1.54, 1.807) is 0 Å². The first-order valence-corrected chi connectivity index (χ1v) is 37.6. The first-order chi connectivity index (χ1) is 55.5. The fourth-order valence-corrected chi connectivity index (χ4v) is 16.1. The molecule has 0 saturated carbocycles. The van der Waals surface area contributed by atoms with Gasteiger partial charge in [-0.3, -0.25) is 0 Å². The summed E-state index contributed by atoms with van der Waals surface area (Å²) in [4.78, 5) is 30.7. The van der Waals surface area contributed by atoms with E-state index >= 15 is 0 Å². The van der Waals surface area contributed by atoms with Crippen molar-refractivity contribution in [1.82, 2.24) is 39.0 Å². The van der Waals surface area contributed by atoms with Crippen LogP contribution in [0, 0.1) is 0 Å². The third-order valence-corrected chi connectivity index (χ3v) is 21.3. The Bertz CT molecular complexity index is 7220. The lowest BCUT2D eigenvalue weighted by atomic mass is 9.93. The summed E-state index contributed by atoms with van der Waals surface area (Å²) in [6.07, 6.45) is 0. The molecule has 0 N–H and O–H groups in total. The van der Waals surface area contributed by atoms with Crippen LogP contribution in [0.5, 0.6) is 0 Å². The van der Waals surface area contributed by atoms with Crippen molar-refractivity contribution in [3.8, 4) is 124 Å². The van der Waals surface area contributed by atoms with Crippen LogP contribution in [0.2, 0.25) is 0 Å². The molecule has 16 aromatic carbocycles. The standard InChI is InChI=1S/2C51H32N4O/c1-5-16-33(17-6-1)36-28-29-38(44(32-36)51-53-49(34-18-7-2-8-19-34)52-50(54-51)35-20-9-3-10-21-35)41-25-15-26-42-43-31-30-40-39-24-13-14-27-45(39)55(37-22-11-4-12-23-37)46(40)48(43)56-47(41)42;1-5-15-33(16-6-1)36-25-27-39(44(31-36)51-53-49(34-17-7-2-8-18-34)52-50(54-51)35-19-9-3-10-20-35)37-26-28-41-43-30-29-42-40-23-13-14-24-45(40)55(38-21-11-4-12-22-38)47(42)48(43)56-46(41)32-37/h2*1-32H. The summed E-state index contributed by atoms with van der Waals surface area (Å²) in [6.45, 7) is 0. The topological polar surface area (TPSA) is 113 Å². The van der Waals surface area contributed by atoms with Crippen LogP contribution >= 0.6 is 0 Å². The van der Waals surface area contributed by atoms with Crippen LogP contribution in [0.4, 0.5) is 0 Å². The van der Waals surface area contributed by atoms with E-state index in [0.29, 0.717) is 34.9 Å². The molecule has 0 aliphatic heterocycles. The molecule has 0 fully saturated rings. The Balaban J connectivity index is 0.000000141. The van der Waals surface area contributed by atoms with Crippen LogP contribution in [0.1, 0.15) is 0 Å². The Morgan fingerprint density at radius 3 is 0.964 bits per heavy atom. The third-order valence-electron chi connectivity index (χ3n) is 21.3. The normalized spacial score (nSPS) is 11.6. The number of fused-ring (bicyclic) bond motifs is 14. The second kappa shape index (κ2) is 27.5. The molecule has 524 valence electrons. The number of benzene rings is 16. The average molecular weight is 1430 g/mol. The molecule has 6 heterocycles. The van der Waals surface area contributed by atoms with Gasteiger partial charge in [-0.05, 0) is 112 Å². The molecule has 0 saturated heterocycles. The third kappa shape index (κ3) is 11.4. The molecule has 0 aliphatic carbocycles. The first kappa shape index (κ1) is 65.1. The Hall–Kier alpha value is -15.3. The minimum absolute atomic E-state index is 0.588. The predicted octanol–water partition coefficient (Wildman–Crippen LogP) is 26.4. The number of aromatic nitrogens is 8. The van der Waals surface area contributed by atoms with E-state index < -0.39 is 0 Å². The highest BCUT2D eigenvalue weighted by Crippen LogP contribution is 2.47. The molecule has 10 nitrogen and oxygen atoms in total. The van der Waals surface area contributed by atoms with Crippen LogP contribution < -0.4 is 0 Å². The van der Waals surface area contributed by atoms with Crippen molar-refractivity contribution in [2.24, 2.45) is 0 Å². The summed E-state index contributed by atoms with van der Waals surface area (Å²) >= 11 is 0. The van der Waals surface area contributed by atoms with Gasteiger partial charge in [-0.1, -0.05) is 315 Å². The molecule has 6 aromatic heterocycles. The van der Waals surface area contributed by atoms with Gasteiger partial charge in [0.25, 0.3) is 0 Å². The van der Waals surface area contributed by atoms with Gasteiger partial charge >= 0.3 is 0 Å². The molecule has 0 bridgehead atoms. The van der Waals surface area contributed by atoms with E-state index in [1.165, 1.54) is 10.8 Å². The molecule has 0 spiro atoms. The number of hydrogen-bond acceptors (Lipinski definition) is 8. The molecule has 112 heavy (non-hydrogen) atoms. The minimum Gasteiger partial charge on any atom is -0.454 e. The molecule has 0 aliphatic rings. The molecule has 22 rings (SSSR count). The largest absolute Gasteiger partial charge is 0.454 e. The van der Waals surface area contributed by atoms with Gasteiger partial charge in [0.2, 0.25) is 0 Å². The van der Waals surface area contributed by atoms with E-state index in [4.69, 9.17) is 38.7 Å². The molecule has 0 radical (unpaired) electrons. The van der Waals surface area contributed by atoms with Gasteiger partial charge in [-0.25, -0.2) is 29.9 Å². The highest BCUT2D eigenvalue weighted by molar-refractivity contribution is 6.24. The minimum atomic E-state index is 0.588. The maximum absolute atomic E-state index is 7.16. The summed E-state index contributed by atoms with van der Waals surface area (Å²) in [5.41, 5.74) is 23.7. The van der Waals surface area contributed by atoms with Crippen molar-refractivity contribution in [2.45, 2.75) is 0 Å². The summed E-state index contributed by atoms with van der Waals surface area (Å²) in [5.74, 6) is 3.66. The quantitative estimate of drug-likeness (QED) is 0.119. The zero-order valence-corrected chi connectivity index (χ0v) is 60.3. The molecular weight excluding hydrogens is 1370 g/mol. The molecule has 10 heteroatoms. The maximum Gasteiger partial charge on any atom is 0.164 e. The van der Waals surface area contributed by atoms with Crippen LogP contribution in [0.15, 0.2) is 397 Å². The molecule has 0 unspecified atom stereocenters. The van der Waals surface area contributed by atoms with Gasteiger partial charge in [0.15, 0.2) is 46.1 Å². The lowest BCUT2D eigenvalue weighted by Gasteiger charge is -2.14. The highest BCUT2D eigenvalue weighted by Gasteiger charge is 2.26. The fourth-order valence-electron chi connectivity index (χ4n) is 16.1. The Morgan fingerprint density at radius 1 is 0.179 bits per heavy atom. The van der Waals surface area contributed by atoms with E-state index in [2.05, 4.69) is 264 Å². The van der Waals surface area contributed by atoms with Crippen molar-refractivity contribution in [3.63, 3.8) is 0 Å². The average Bonchev–Trinajstić information content (AvgIpc) is 1.54. The number of hydrogen-bond donors (Lipinski definition) is 0. The molecule has 0 amide bonds. The van der Waals surface area contributed by atoms with E-state index in [1.807, 2.05) is 133 Å². The SMILES string of the molecule is c1ccc(-c2ccc(-c3ccc4c(c3)oc3c4ccc4c5ccccc5n(-c5ccccc5)c43)c(-c3nc(-c4ccccc4)nc(-c4ccccc4)n3)c2)cc1.c1ccc(-c2ccc(-c3cccc4c3oc3c4ccc4c5ccccc5n(-c5ccccc5)c43)c(-c3nc(-c4ccccc4)nc(-c4ccccc4)n3)c2)cc1. The second-order valence-corrected chi connectivity index (χ2v) is 28.0. The summed E-state index contributed by atoms with van der Waals surface area (Å²) in [7, 11) is 0. The smallest absolute Gasteiger partial charge is 0.164 e. The first-order valence-electron chi connectivity index (χ1n) is 37.6. The van der Waals surface area contributed by atoms with Crippen molar-refractivity contribution in [3.05, 3.63) is 388 Å². The van der Waals surface area contributed by atoms with Gasteiger partial charge in [0.1, 0.15) is 11.2 Å².